The summed E-state index contributed by atoms with van der Waals surface area (Å²) in [6, 6.07) is 2.99. The van der Waals surface area contributed by atoms with E-state index in [4.69, 9.17) is 0 Å². The molecule has 0 saturated heterocycles. The first kappa shape index (κ1) is 16.5. The molecule has 108 valence electrons. The van der Waals surface area contributed by atoms with Crippen molar-refractivity contribution in [2.45, 2.75) is 26.9 Å². The summed E-state index contributed by atoms with van der Waals surface area (Å²) in [4.78, 5) is 10.4. The molecule has 0 amide bonds. The van der Waals surface area contributed by atoms with Crippen LogP contribution in [0.3, 0.4) is 0 Å². The Morgan fingerprint density at radius 1 is 1.11 bits per heavy atom. The Bertz CT molecular complexity index is 424. The Balaban J connectivity index is 2.70. The second kappa shape index (κ2) is 5.41. The van der Waals surface area contributed by atoms with E-state index >= 15 is 0 Å². The molecule has 1 heterocycles. The van der Waals surface area contributed by atoms with Crippen molar-refractivity contribution < 1.29 is 26.7 Å². The van der Waals surface area contributed by atoms with Gasteiger partial charge in [0.1, 0.15) is 0 Å². The average molecular weight is 390 g/mol. The molecule has 0 aromatic carbocycles. The van der Waals surface area contributed by atoms with Crippen LogP contribution in [-0.4, -0.2) is 42.1 Å². The van der Waals surface area contributed by atoms with Crippen molar-refractivity contribution in [3.63, 3.8) is 0 Å². The maximum atomic E-state index is 12.6. The number of hydrogen-bond donors (Lipinski definition) is 0. The quantitative estimate of drug-likeness (QED) is 0.582. The molecule has 19 heavy (non-hydrogen) atoms. The third-order valence-electron chi connectivity index (χ3n) is 2.34. The van der Waals surface area contributed by atoms with E-state index in [1.807, 2.05) is 0 Å². The summed E-state index contributed by atoms with van der Waals surface area (Å²) < 4.78 is 66.4. The number of pyridine rings is 1. The van der Waals surface area contributed by atoms with Crippen molar-refractivity contribution in [1.29, 1.82) is 0 Å². The summed E-state index contributed by atoms with van der Waals surface area (Å²) in [6.45, 7) is -1.74. The van der Waals surface area contributed by atoms with Crippen LogP contribution >= 0.6 is 0 Å². The van der Waals surface area contributed by atoms with E-state index in [9.17, 15) is 22.0 Å². The Kier molecular flexibility index (Phi) is 4.69. The molecule has 1 aromatic heterocycles. The van der Waals surface area contributed by atoms with Gasteiger partial charge in [0.15, 0.2) is 0 Å². The Morgan fingerprint density at radius 2 is 1.68 bits per heavy atom. The topological polar surface area (TPSA) is 22.1 Å². The van der Waals surface area contributed by atoms with E-state index < -0.39 is 37.1 Å². The number of hydrogen-bond acceptors (Lipinski definition) is 2. The van der Waals surface area contributed by atoms with Crippen LogP contribution in [0.25, 0.3) is 0 Å². The van der Waals surface area contributed by atoms with Crippen molar-refractivity contribution >= 4 is 22.1 Å². The van der Waals surface area contributed by atoms with Crippen LogP contribution in [0, 0.1) is 0 Å². The summed E-state index contributed by atoms with van der Waals surface area (Å²) in [5.74, 6) is -4.96. The average Bonchev–Trinajstić information content (AvgIpc) is 2.24. The third-order valence-corrected chi connectivity index (χ3v) is 7.57. The minimum absolute atomic E-state index is 0.0942. The predicted molar refractivity (Wildman–Crippen MR) is 63.7 cm³/mol. The molecule has 0 unspecified atom stereocenters. The summed E-state index contributed by atoms with van der Waals surface area (Å²) in [7, 11) is 0. The number of alkyl halides is 5. The first-order chi connectivity index (χ1) is 8.43. The Hall–Kier alpha value is -0.601. The Labute approximate surface area is 111 Å². The molecule has 0 saturated carbocycles. The molecule has 1 rings (SSSR count). The summed E-state index contributed by atoms with van der Waals surface area (Å²) in [5.41, 5.74) is 0. The van der Waals surface area contributed by atoms with Crippen molar-refractivity contribution in [2.75, 3.05) is 6.61 Å². The third kappa shape index (κ3) is 4.46. The second-order valence-electron chi connectivity index (χ2n) is 5.12. The van der Waals surface area contributed by atoms with E-state index in [2.05, 4.69) is 24.5 Å². The van der Waals surface area contributed by atoms with E-state index in [-0.39, 0.29) is 5.75 Å². The zero-order valence-electron chi connectivity index (χ0n) is 10.7. The molecule has 0 N–H and O–H groups in total. The van der Waals surface area contributed by atoms with Gasteiger partial charge in [-0.3, -0.25) is 0 Å². The van der Waals surface area contributed by atoms with Gasteiger partial charge in [-0.05, 0) is 0 Å². The van der Waals surface area contributed by atoms with Crippen molar-refractivity contribution in [3.8, 4) is 5.75 Å². The van der Waals surface area contributed by atoms with E-state index in [1.165, 1.54) is 12.3 Å². The minimum atomic E-state index is -5.61. The van der Waals surface area contributed by atoms with Gasteiger partial charge in [0, 0.05) is 0 Å². The molecule has 0 radical (unpaired) electrons. The van der Waals surface area contributed by atoms with Crippen LogP contribution in [-0.2, 0) is 0 Å². The van der Waals surface area contributed by atoms with Gasteiger partial charge in [0.25, 0.3) is 0 Å². The fourth-order valence-corrected chi connectivity index (χ4v) is 4.12. The van der Waals surface area contributed by atoms with Crippen molar-refractivity contribution in [1.82, 2.24) is 4.98 Å². The van der Waals surface area contributed by atoms with E-state index in [0.29, 0.717) is 0 Å². The van der Waals surface area contributed by atoms with Gasteiger partial charge in [-0.25, -0.2) is 0 Å². The van der Waals surface area contributed by atoms with Crippen molar-refractivity contribution in [2.24, 2.45) is 0 Å². The van der Waals surface area contributed by atoms with Gasteiger partial charge in [-0.15, -0.1) is 0 Å². The molecule has 0 atom stereocenters. The number of rotatable bonds is 4. The molecule has 0 fully saturated rings. The normalized spacial score (nSPS) is 13.5. The van der Waals surface area contributed by atoms with Gasteiger partial charge in [0.05, 0.1) is 0 Å². The number of halogens is 5. The number of aromatic nitrogens is 1. The van der Waals surface area contributed by atoms with Crippen LogP contribution < -0.4 is 8.45 Å². The van der Waals surface area contributed by atoms with Crippen LogP contribution in [0.1, 0.15) is 0 Å². The zero-order valence-corrected chi connectivity index (χ0v) is 13.5. The monoisotopic (exact) mass is 391 g/mol. The van der Waals surface area contributed by atoms with Gasteiger partial charge >= 0.3 is 111 Å². The maximum absolute atomic E-state index is 12.6. The second-order valence-corrected chi connectivity index (χ2v) is 19.4. The summed E-state index contributed by atoms with van der Waals surface area (Å²) in [5, 5.41) is 0. The van der Waals surface area contributed by atoms with Crippen molar-refractivity contribution in [3.05, 3.63) is 18.3 Å². The molecule has 8 heteroatoms. The zero-order chi connectivity index (χ0) is 14.9. The van der Waals surface area contributed by atoms with Crippen LogP contribution in [0.5, 0.6) is 5.75 Å². The molecule has 0 bridgehead atoms. The molecule has 1 aromatic rings. The van der Waals surface area contributed by atoms with Gasteiger partial charge < -0.3 is 0 Å². The van der Waals surface area contributed by atoms with E-state index in [0.717, 1.165) is 3.71 Å². The van der Waals surface area contributed by atoms with Crippen LogP contribution in [0.4, 0.5) is 22.0 Å². The molecule has 0 spiro atoms. The molecule has 0 aliphatic carbocycles. The van der Waals surface area contributed by atoms with Crippen LogP contribution in [0.2, 0.25) is 14.8 Å². The Morgan fingerprint density at radius 3 is 2.05 bits per heavy atom. The standard InChI is InChI=1S/C8H5F5NO.3CH3.Sn/c9-7(10,8(11,12)13)5-15-6-2-1-3-14-4-6;;;;/h1-2,4H,5H2;3*1H3;. The first-order valence-electron chi connectivity index (χ1n) is 5.47. The SMILES string of the molecule is [CH3][Sn]([CH3])([CH3])[c]1ccc(OCC(F)(F)C(F)(F)F)cn1. The van der Waals surface area contributed by atoms with Gasteiger partial charge in [-0.1, -0.05) is 0 Å². The molecule has 0 aliphatic heterocycles. The number of ether oxygens (including phenoxy) is 1. The summed E-state index contributed by atoms with van der Waals surface area (Å²) >= 11 is -2.36. The fraction of sp³-hybridized carbons (Fsp3) is 0.545. The first-order valence-corrected chi connectivity index (χ1v) is 15.5. The molecular formula is C11H14F5NOSn. The number of nitrogens with zero attached hydrogens (tertiary/aromatic N) is 1. The van der Waals surface area contributed by atoms with Gasteiger partial charge in [-0.2, -0.15) is 0 Å². The molecular weight excluding hydrogens is 376 g/mol. The van der Waals surface area contributed by atoms with Gasteiger partial charge in [0.2, 0.25) is 0 Å². The summed E-state index contributed by atoms with van der Waals surface area (Å²) in [6.07, 6.45) is -4.42. The molecule has 2 nitrogen and oxygen atoms in total. The van der Waals surface area contributed by atoms with Crippen LogP contribution in [0.15, 0.2) is 18.3 Å². The fourth-order valence-electron chi connectivity index (χ4n) is 1.17. The molecule has 0 aliphatic rings. The van der Waals surface area contributed by atoms with E-state index in [1.54, 1.807) is 6.07 Å². The predicted octanol–water partition coefficient (Wildman–Crippen LogP) is 3.20.